The second-order valence-electron chi connectivity index (χ2n) is 7.46. The van der Waals surface area contributed by atoms with Gasteiger partial charge in [-0.3, -0.25) is 14.3 Å². The number of sulfonamides is 1. The first-order chi connectivity index (χ1) is 16.3. The second-order valence-corrected chi connectivity index (χ2v) is 10.1. The van der Waals surface area contributed by atoms with Crippen LogP contribution in [0.2, 0.25) is 0 Å². The van der Waals surface area contributed by atoms with Gasteiger partial charge < -0.3 is 10.6 Å². The molecular weight excluding hydrogens is 470 g/mol. The zero-order valence-corrected chi connectivity index (χ0v) is 19.7. The van der Waals surface area contributed by atoms with E-state index in [4.69, 9.17) is 0 Å². The number of rotatable bonds is 7. The summed E-state index contributed by atoms with van der Waals surface area (Å²) in [5, 5.41) is 7.38. The number of hydrogen-bond acceptors (Lipinski definition) is 5. The minimum atomic E-state index is -3.77. The minimum absolute atomic E-state index is 0.0514. The fourth-order valence-electron chi connectivity index (χ4n) is 3.06. The molecule has 3 aromatic carbocycles. The fraction of sp³-hybridized carbons (Fsp3) is 0.0400. The number of hydrogen-bond donors (Lipinski definition) is 3. The van der Waals surface area contributed by atoms with Crippen molar-refractivity contribution < 1.29 is 18.0 Å². The van der Waals surface area contributed by atoms with Crippen molar-refractivity contribution in [2.75, 3.05) is 15.4 Å². The average Bonchev–Trinajstić information content (AvgIpc) is 3.37. The van der Waals surface area contributed by atoms with Crippen LogP contribution in [0.5, 0.6) is 0 Å². The van der Waals surface area contributed by atoms with E-state index in [1.807, 2.05) is 24.4 Å². The maximum atomic E-state index is 12.6. The van der Waals surface area contributed by atoms with Gasteiger partial charge >= 0.3 is 0 Å². The van der Waals surface area contributed by atoms with E-state index < -0.39 is 10.0 Å². The highest BCUT2D eigenvalue weighted by molar-refractivity contribution is 7.92. The topological polar surface area (TPSA) is 104 Å². The Kier molecular flexibility index (Phi) is 6.76. The molecule has 0 unspecified atom stereocenters. The Bertz CT molecular complexity index is 1400. The second kappa shape index (κ2) is 9.90. The van der Waals surface area contributed by atoms with Crippen LogP contribution in [0.4, 0.5) is 17.1 Å². The number of nitrogens with one attached hydrogen (secondary N) is 3. The summed E-state index contributed by atoms with van der Waals surface area (Å²) in [6.45, 7) is 1.92. The Morgan fingerprint density at radius 2 is 1.26 bits per heavy atom. The van der Waals surface area contributed by atoms with Crippen molar-refractivity contribution in [1.82, 2.24) is 0 Å². The Hall–Kier alpha value is -3.95. The Labute approximate surface area is 201 Å². The SMILES string of the molecule is Cc1ccc(NS(=O)(=O)c2ccc(C(=O)Nc3ccc(NC(=O)c4cccs4)cc3)cc2)cc1. The van der Waals surface area contributed by atoms with Crippen molar-refractivity contribution in [3.8, 4) is 0 Å². The van der Waals surface area contributed by atoms with Gasteiger partial charge in [0.05, 0.1) is 9.77 Å². The normalized spacial score (nSPS) is 11.0. The average molecular weight is 492 g/mol. The van der Waals surface area contributed by atoms with E-state index in [9.17, 15) is 18.0 Å². The van der Waals surface area contributed by atoms with Crippen molar-refractivity contribution in [2.45, 2.75) is 11.8 Å². The maximum absolute atomic E-state index is 12.6. The summed E-state index contributed by atoms with van der Waals surface area (Å²) in [5.41, 5.74) is 2.94. The molecule has 4 rings (SSSR count). The molecule has 4 aromatic rings. The zero-order chi connectivity index (χ0) is 24.1. The van der Waals surface area contributed by atoms with Gasteiger partial charge in [-0.1, -0.05) is 23.8 Å². The minimum Gasteiger partial charge on any atom is -0.322 e. The summed E-state index contributed by atoms with van der Waals surface area (Å²) < 4.78 is 27.7. The molecule has 1 aromatic heterocycles. The number of benzene rings is 3. The summed E-state index contributed by atoms with van der Waals surface area (Å²) in [7, 11) is -3.77. The van der Waals surface area contributed by atoms with E-state index in [-0.39, 0.29) is 16.7 Å². The third kappa shape index (κ3) is 5.69. The monoisotopic (exact) mass is 491 g/mol. The number of anilines is 3. The summed E-state index contributed by atoms with van der Waals surface area (Å²) >= 11 is 1.35. The van der Waals surface area contributed by atoms with Gasteiger partial charge in [0.2, 0.25) is 0 Å². The van der Waals surface area contributed by atoms with E-state index >= 15 is 0 Å². The maximum Gasteiger partial charge on any atom is 0.265 e. The fourth-order valence-corrected chi connectivity index (χ4v) is 4.74. The number of aryl methyl sites for hydroxylation is 1. The van der Waals surface area contributed by atoms with Gasteiger partial charge in [-0.05, 0) is 79.0 Å². The highest BCUT2D eigenvalue weighted by Crippen LogP contribution is 2.19. The highest BCUT2D eigenvalue weighted by atomic mass is 32.2. The van der Waals surface area contributed by atoms with Crippen LogP contribution >= 0.6 is 11.3 Å². The first-order valence-corrected chi connectivity index (χ1v) is 12.6. The summed E-state index contributed by atoms with van der Waals surface area (Å²) in [4.78, 5) is 25.4. The molecule has 34 heavy (non-hydrogen) atoms. The lowest BCUT2D eigenvalue weighted by molar-refractivity contribution is 0.102. The molecule has 172 valence electrons. The van der Waals surface area contributed by atoms with Gasteiger partial charge in [0.1, 0.15) is 0 Å². The van der Waals surface area contributed by atoms with Crippen LogP contribution in [0.1, 0.15) is 25.6 Å². The molecule has 3 N–H and O–H groups in total. The Balaban J connectivity index is 1.37. The summed E-state index contributed by atoms with van der Waals surface area (Å²) in [6.07, 6.45) is 0. The van der Waals surface area contributed by atoms with E-state index in [1.165, 1.54) is 35.6 Å². The predicted molar refractivity (Wildman–Crippen MR) is 135 cm³/mol. The van der Waals surface area contributed by atoms with Gasteiger partial charge in [0.25, 0.3) is 21.8 Å². The highest BCUT2D eigenvalue weighted by Gasteiger charge is 2.15. The molecule has 0 saturated carbocycles. The summed E-state index contributed by atoms with van der Waals surface area (Å²) in [5.74, 6) is -0.579. The molecule has 0 aliphatic rings. The first kappa shape index (κ1) is 23.2. The third-order valence-electron chi connectivity index (χ3n) is 4.88. The van der Waals surface area contributed by atoms with E-state index in [2.05, 4.69) is 15.4 Å². The van der Waals surface area contributed by atoms with Gasteiger partial charge in [-0.2, -0.15) is 0 Å². The van der Waals surface area contributed by atoms with Crippen molar-refractivity contribution in [2.24, 2.45) is 0 Å². The lowest BCUT2D eigenvalue weighted by Gasteiger charge is -2.10. The van der Waals surface area contributed by atoms with Crippen molar-refractivity contribution >= 4 is 50.2 Å². The Morgan fingerprint density at radius 1 is 0.706 bits per heavy atom. The predicted octanol–water partition coefficient (Wildman–Crippen LogP) is 5.36. The lowest BCUT2D eigenvalue weighted by atomic mass is 10.2. The molecule has 7 nitrogen and oxygen atoms in total. The van der Waals surface area contributed by atoms with E-state index in [1.54, 1.807) is 48.5 Å². The van der Waals surface area contributed by atoms with Crippen molar-refractivity contribution in [3.05, 3.63) is 106 Å². The van der Waals surface area contributed by atoms with Crippen LogP contribution in [0.25, 0.3) is 0 Å². The van der Waals surface area contributed by atoms with Crippen LogP contribution < -0.4 is 15.4 Å². The van der Waals surface area contributed by atoms with Gasteiger partial charge in [-0.25, -0.2) is 8.42 Å². The Morgan fingerprint density at radius 3 is 1.82 bits per heavy atom. The number of thiophene rings is 1. The quantitative estimate of drug-likeness (QED) is 0.324. The van der Waals surface area contributed by atoms with Crippen LogP contribution in [-0.2, 0) is 10.0 Å². The van der Waals surface area contributed by atoms with E-state index in [0.717, 1.165) is 5.56 Å². The van der Waals surface area contributed by atoms with Crippen molar-refractivity contribution in [1.29, 1.82) is 0 Å². The third-order valence-corrected chi connectivity index (χ3v) is 7.14. The molecule has 0 spiro atoms. The van der Waals surface area contributed by atoms with Crippen molar-refractivity contribution in [3.63, 3.8) is 0 Å². The lowest BCUT2D eigenvalue weighted by Crippen LogP contribution is -2.15. The molecule has 0 fully saturated rings. The molecule has 1 heterocycles. The summed E-state index contributed by atoms with van der Waals surface area (Å²) in [6, 6.07) is 22.9. The molecule has 0 aliphatic carbocycles. The number of amides is 2. The molecule has 0 aliphatic heterocycles. The number of carbonyl (C=O) groups is 2. The molecule has 0 radical (unpaired) electrons. The first-order valence-electron chi connectivity index (χ1n) is 10.3. The molecule has 0 saturated heterocycles. The van der Waals surface area contributed by atoms with Crippen LogP contribution in [0.15, 0.2) is 95.2 Å². The van der Waals surface area contributed by atoms with Gasteiger partial charge in [-0.15, -0.1) is 11.3 Å². The van der Waals surface area contributed by atoms with Gasteiger partial charge in [0.15, 0.2) is 0 Å². The van der Waals surface area contributed by atoms with E-state index in [0.29, 0.717) is 27.5 Å². The van der Waals surface area contributed by atoms with Crippen LogP contribution in [0.3, 0.4) is 0 Å². The molecule has 0 bridgehead atoms. The van der Waals surface area contributed by atoms with Crippen LogP contribution in [0, 0.1) is 6.92 Å². The zero-order valence-electron chi connectivity index (χ0n) is 18.1. The van der Waals surface area contributed by atoms with Gasteiger partial charge in [0, 0.05) is 22.6 Å². The molecule has 2 amide bonds. The van der Waals surface area contributed by atoms with Crippen LogP contribution in [-0.4, -0.2) is 20.2 Å². The smallest absolute Gasteiger partial charge is 0.265 e. The molecular formula is C25H21N3O4S2. The molecule has 9 heteroatoms. The standard InChI is InChI=1S/C25H21N3O4S2/c1-17-4-8-21(9-5-17)28-34(31,32)22-14-6-18(7-15-22)24(29)26-19-10-12-20(13-11-19)27-25(30)23-3-2-16-33-23/h2-16,28H,1H3,(H,26,29)(H,27,30). The molecule has 0 atom stereocenters. The largest absolute Gasteiger partial charge is 0.322 e. The number of carbonyl (C=O) groups excluding carboxylic acids is 2.